The number of allylic oxidation sites excluding steroid dienone is 1. The van der Waals surface area contributed by atoms with Crippen LogP contribution < -0.4 is 9.47 Å². The highest BCUT2D eigenvalue weighted by Crippen LogP contribution is 2.35. The highest BCUT2D eigenvalue weighted by Gasteiger charge is 2.33. The molecule has 0 amide bonds. The monoisotopic (exact) mass is 668 g/mol. The second-order valence-corrected chi connectivity index (χ2v) is 13.7. The Hall–Kier alpha value is -3.85. The molecule has 48 heavy (non-hydrogen) atoms. The van der Waals surface area contributed by atoms with Gasteiger partial charge in [-0.3, -0.25) is 9.59 Å². The molecule has 2 aromatic carbocycles. The minimum atomic E-state index is -0.798. The van der Waals surface area contributed by atoms with Crippen molar-refractivity contribution in [2.75, 3.05) is 27.4 Å². The van der Waals surface area contributed by atoms with Crippen LogP contribution in [-0.4, -0.2) is 50.9 Å². The summed E-state index contributed by atoms with van der Waals surface area (Å²) in [5, 5.41) is 0. The van der Waals surface area contributed by atoms with Gasteiger partial charge >= 0.3 is 17.9 Å². The van der Waals surface area contributed by atoms with Crippen LogP contribution in [0, 0.1) is 23.7 Å². The van der Waals surface area contributed by atoms with Crippen molar-refractivity contribution in [1.29, 1.82) is 0 Å². The molecular formula is C39H56O9. The van der Waals surface area contributed by atoms with E-state index in [1.807, 2.05) is 62.4 Å². The summed E-state index contributed by atoms with van der Waals surface area (Å²) in [6.07, 6.45) is 1.60. The molecule has 0 saturated heterocycles. The van der Waals surface area contributed by atoms with E-state index in [0.717, 1.165) is 17.5 Å². The average molecular weight is 669 g/mol. The third-order valence-corrected chi connectivity index (χ3v) is 7.87. The van der Waals surface area contributed by atoms with Crippen LogP contribution in [0.1, 0.15) is 85.8 Å². The first-order valence-electron chi connectivity index (χ1n) is 16.8. The van der Waals surface area contributed by atoms with Crippen molar-refractivity contribution in [3.8, 4) is 11.5 Å². The lowest BCUT2D eigenvalue weighted by Gasteiger charge is -2.27. The fraction of sp³-hybridized carbons (Fsp3) is 0.564. The molecule has 2 aromatic rings. The third kappa shape index (κ3) is 14.1. The van der Waals surface area contributed by atoms with Crippen molar-refractivity contribution < 1.29 is 42.8 Å². The summed E-state index contributed by atoms with van der Waals surface area (Å²) in [5.41, 5.74) is 1.30. The summed E-state index contributed by atoms with van der Waals surface area (Å²) in [6, 6.07) is 15.2. The molecule has 2 rings (SSSR count). The zero-order valence-corrected chi connectivity index (χ0v) is 30.6. The van der Waals surface area contributed by atoms with Gasteiger partial charge in [-0.2, -0.15) is 0 Å². The minimum Gasteiger partial charge on any atom is -0.493 e. The smallest absolute Gasteiger partial charge is 0.337 e. The summed E-state index contributed by atoms with van der Waals surface area (Å²) in [7, 11) is 3.26. The Morgan fingerprint density at radius 2 is 1.50 bits per heavy atom. The first-order chi connectivity index (χ1) is 22.6. The Morgan fingerprint density at radius 1 is 0.812 bits per heavy atom. The quantitative estimate of drug-likeness (QED) is 0.0486. The maximum Gasteiger partial charge on any atom is 0.337 e. The number of hydrogen-bond donors (Lipinski definition) is 0. The largest absolute Gasteiger partial charge is 0.493 e. The number of methoxy groups -OCH3 is 2. The standard InChI is InChI=1S/C39H56O9/c1-26(2)31(21-30-17-18-34(44-10)36(22-30)45-20-14-19-43-9)23-33(38(42)48-39(6,7)8)35(47-28(5)40)24-32(27(3)4)37(41)46-25-29-15-12-11-13-16-29/h11-13,15-18,22,26-27,31-32H,14,19-21,23-25H2,1-10H3/b35-33+/t31-,32-/m0/s1. The van der Waals surface area contributed by atoms with Gasteiger partial charge < -0.3 is 28.4 Å². The van der Waals surface area contributed by atoms with E-state index >= 15 is 0 Å². The van der Waals surface area contributed by atoms with Crippen molar-refractivity contribution in [1.82, 2.24) is 0 Å². The fourth-order valence-electron chi connectivity index (χ4n) is 5.13. The molecule has 0 heterocycles. The van der Waals surface area contributed by atoms with E-state index in [1.165, 1.54) is 6.92 Å². The number of ether oxygens (including phenoxy) is 6. The Balaban J connectivity index is 2.51. The predicted octanol–water partition coefficient (Wildman–Crippen LogP) is 7.88. The summed E-state index contributed by atoms with van der Waals surface area (Å²) >= 11 is 0. The maximum absolute atomic E-state index is 13.9. The number of esters is 3. The number of benzene rings is 2. The van der Waals surface area contributed by atoms with Crippen LogP contribution >= 0.6 is 0 Å². The van der Waals surface area contributed by atoms with Crippen molar-refractivity contribution in [2.45, 2.75) is 93.3 Å². The van der Waals surface area contributed by atoms with E-state index in [2.05, 4.69) is 13.8 Å². The molecule has 0 radical (unpaired) electrons. The Labute approximate surface area is 287 Å². The van der Waals surface area contributed by atoms with Crippen molar-refractivity contribution >= 4 is 17.9 Å². The molecule has 266 valence electrons. The second-order valence-electron chi connectivity index (χ2n) is 13.7. The molecule has 0 aliphatic rings. The van der Waals surface area contributed by atoms with Gasteiger partial charge in [0.05, 0.1) is 25.2 Å². The van der Waals surface area contributed by atoms with Crippen LogP contribution in [0.25, 0.3) is 0 Å². The minimum absolute atomic E-state index is 0.00621. The summed E-state index contributed by atoms with van der Waals surface area (Å²) < 4.78 is 34.0. The van der Waals surface area contributed by atoms with E-state index in [1.54, 1.807) is 35.0 Å². The van der Waals surface area contributed by atoms with Crippen LogP contribution in [0.3, 0.4) is 0 Å². The van der Waals surface area contributed by atoms with Crippen LogP contribution in [0.4, 0.5) is 0 Å². The summed E-state index contributed by atoms with van der Waals surface area (Å²) in [4.78, 5) is 39.8. The van der Waals surface area contributed by atoms with Crippen LogP contribution in [0.15, 0.2) is 59.9 Å². The summed E-state index contributed by atoms with van der Waals surface area (Å²) in [6.45, 7) is 15.8. The normalized spacial score (nSPS) is 13.4. The molecule has 0 aliphatic heterocycles. The SMILES string of the molecule is COCCCOc1cc(C[C@@H](C/C(C(=O)OC(C)(C)C)=C(/C[C@H](C(=O)OCc2ccccc2)C(C)C)OC(C)=O)C(C)C)ccc1OC. The summed E-state index contributed by atoms with van der Waals surface area (Å²) in [5.74, 6) is -0.971. The van der Waals surface area contributed by atoms with Gasteiger partial charge in [0.25, 0.3) is 0 Å². The van der Waals surface area contributed by atoms with Crippen LogP contribution in [-0.2, 0) is 46.4 Å². The Bertz CT molecular complexity index is 1340. The van der Waals surface area contributed by atoms with E-state index in [9.17, 15) is 14.4 Å². The molecule has 0 unspecified atom stereocenters. The number of carbonyl (C=O) groups excluding carboxylic acids is 3. The van der Waals surface area contributed by atoms with Gasteiger partial charge in [-0.25, -0.2) is 4.79 Å². The van der Waals surface area contributed by atoms with E-state index in [0.29, 0.717) is 31.1 Å². The van der Waals surface area contributed by atoms with Gasteiger partial charge in [-0.05, 0) is 74.6 Å². The Morgan fingerprint density at radius 3 is 2.06 bits per heavy atom. The first-order valence-corrected chi connectivity index (χ1v) is 16.8. The number of rotatable bonds is 19. The Kier molecular flexibility index (Phi) is 16.7. The molecular weight excluding hydrogens is 612 g/mol. The molecule has 0 bridgehead atoms. The fourth-order valence-corrected chi connectivity index (χ4v) is 5.13. The lowest BCUT2D eigenvalue weighted by molar-refractivity contribution is -0.154. The highest BCUT2D eigenvalue weighted by molar-refractivity contribution is 5.90. The molecule has 0 aliphatic carbocycles. The van der Waals surface area contributed by atoms with Crippen LogP contribution in [0.5, 0.6) is 11.5 Å². The topological polar surface area (TPSA) is 107 Å². The van der Waals surface area contributed by atoms with Gasteiger partial charge in [-0.1, -0.05) is 64.1 Å². The zero-order chi connectivity index (χ0) is 35.9. The lowest BCUT2D eigenvalue weighted by atomic mass is 9.82. The third-order valence-electron chi connectivity index (χ3n) is 7.87. The molecule has 0 aromatic heterocycles. The molecule has 0 fully saturated rings. The zero-order valence-electron chi connectivity index (χ0n) is 30.6. The average Bonchev–Trinajstić information content (AvgIpc) is 3.01. The van der Waals surface area contributed by atoms with E-state index in [4.69, 9.17) is 28.4 Å². The second kappa shape index (κ2) is 19.8. The van der Waals surface area contributed by atoms with Gasteiger partial charge in [-0.15, -0.1) is 0 Å². The molecule has 0 N–H and O–H groups in total. The van der Waals surface area contributed by atoms with E-state index < -0.39 is 29.4 Å². The van der Waals surface area contributed by atoms with Gasteiger partial charge in [0, 0.05) is 33.5 Å². The first kappa shape index (κ1) is 40.3. The molecule has 2 atom stereocenters. The van der Waals surface area contributed by atoms with Crippen molar-refractivity contribution in [3.63, 3.8) is 0 Å². The van der Waals surface area contributed by atoms with Gasteiger partial charge in [0.1, 0.15) is 18.0 Å². The molecule has 0 saturated carbocycles. The predicted molar refractivity (Wildman–Crippen MR) is 185 cm³/mol. The lowest BCUT2D eigenvalue weighted by Crippen LogP contribution is -2.29. The number of hydrogen-bond acceptors (Lipinski definition) is 9. The molecule has 0 spiro atoms. The highest BCUT2D eigenvalue weighted by atomic mass is 16.6. The number of carbonyl (C=O) groups is 3. The van der Waals surface area contributed by atoms with Crippen molar-refractivity contribution in [3.05, 3.63) is 71.0 Å². The maximum atomic E-state index is 13.9. The molecule has 9 heteroatoms. The van der Waals surface area contributed by atoms with Gasteiger partial charge in [0.15, 0.2) is 11.5 Å². The van der Waals surface area contributed by atoms with Gasteiger partial charge in [0.2, 0.25) is 0 Å². The molecule has 9 nitrogen and oxygen atoms in total. The van der Waals surface area contributed by atoms with Crippen LogP contribution in [0.2, 0.25) is 0 Å². The van der Waals surface area contributed by atoms with Crippen molar-refractivity contribution in [2.24, 2.45) is 23.7 Å². The van der Waals surface area contributed by atoms with E-state index in [-0.39, 0.29) is 48.5 Å².